The first-order valence-electron chi connectivity index (χ1n) is 7.19. The number of furan rings is 1. The molecule has 1 N–H and O–H groups in total. The zero-order valence-electron chi connectivity index (χ0n) is 12.3. The first kappa shape index (κ1) is 13.6. The molecule has 1 heterocycles. The zero-order chi connectivity index (χ0) is 14.7. The van der Waals surface area contributed by atoms with E-state index in [2.05, 4.69) is 36.5 Å². The molecule has 2 aromatic carbocycles. The van der Waals surface area contributed by atoms with Gasteiger partial charge in [-0.25, -0.2) is 0 Å². The number of methoxy groups -OCH3 is 1. The van der Waals surface area contributed by atoms with Crippen LogP contribution < -0.4 is 10.1 Å². The topological polar surface area (TPSA) is 34.4 Å². The molecule has 0 amide bonds. The van der Waals surface area contributed by atoms with Gasteiger partial charge in [-0.05, 0) is 30.2 Å². The Morgan fingerprint density at radius 1 is 1.10 bits per heavy atom. The molecule has 0 bridgehead atoms. The summed E-state index contributed by atoms with van der Waals surface area (Å²) in [6.07, 6.45) is 1.01. The van der Waals surface area contributed by atoms with E-state index >= 15 is 0 Å². The third kappa shape index (κ3) is 2.72. The third-order valence-corrected chi connectivity index (χ3v) is 3.63. The quantitative estimate of drug-likeness (QED) is 0.741. The Hall–Kier alpha value is -2.42. The van der Waals surface area contributed by atoms with Crippen LogP contribution in [0.4, 0.5) is 5.69 Å². The molecular formula is C18H19NO2. The average molecular weight is 281 g/mol. The van der Waals surface area contributed by atoms with Crippen molar-refractivity contribution >= 4 is 16.7 Å². The number of anilines is 1. The highest BCUT2D eigenvalue weighted by molar-refractivity contribution is 5.83. The standard InChI is InChI=1S/C18H19NO2/c1-3-13-7-4-5-9-16(13)19-12-15-11-14-8-6-10-17(20-2)18(14)21-15/h4-11,19H,3,12H2,1-2H3. The average Bonchev–Trinajstić information content (AvgIpc) is 2.96. The third-order valence-electron chi connectivity index (χ3n) is 3.63. The van der Waals surface area contributed by atoms with E-state index in [1.54, 1.807) is 7.11 Å². The number of fused-ring (bicyclic) bond motifs is 1. The summed E-state index contributed by atoms with van der Waals surface area (Å²) >= 11 is 0. The maximum Gasteiger partial charge on any atom is 0.176 e. The van der Waals surface area contributed by atoms with Crippen molar-refractivity contribution < 1.29 is 9.15 Å². The molecular weight excluding hydrogens is 262 g/mol. The fourth-order valence-electron chi connectivity index (χ4n) is 2.52. The lowest BCUT2D eigenvalue weighted by atomic mass is 10.1. The van der Waals surface area contributed by atoms with Gasteiger partial charge in [-0.15, -0.1) is 0 Å². The predicted octanol–water partition coefficient (Wildman–Crippen LogP) is 4.62. The number of para-hydroxylation sites is 2. The Kier molecular flexibility index (Phi) is 3.82. The van der Waals surface area contributed by atoms with Gasteiger partial charge in [0.2, 0.25) is 0 Å². The van der Waals surface area contributed by atoms with Gasteiger partial charge < -0.3 is 14.5 Å². The molecule has 0 spiro atoms. The molecule has 0 saturated heterocycles. The van der Waals surface area contributed by atoms with Crippen molar-refractivity contribution in [3.63, 3.8) is 0 Å². The molecule has 0 saturated carbocycles. The minimum absolute atomic E-state index is 0.662. The van der Waals surface area contributed by atoms with Gasteiger partial charge >= 0.3 is 0 Å². The van der Waals surface area contributed by atoms with Crippen LogP contribution in [0.15, 0.2) is 52.9 Å². The number of ether oxygens (including phenoxy) is 1. The van der Waals surface area contributed by atoms with Crippen molar-refractivity contribution in [1.29, 1.82) is 0 Å². The van der Waals surface area contributed by atoms with E-state index in [1.165, 1.54) is 5.56 Å². The highest BCUT2D eigenvalue weighted by Crippen LogP contribution is 2.29. The highest BCUT2D eigenvalue weighted by Gasteiger charge is 2.08. The minimum atomic E-state index is 0.662. The van der Waals surface area contributed by atoms with Gasteiger partial charge in [0, 0.05) is 11.1 Å². The van der Waals surface area contributed by atoms with Gasteiger partial charge in [0.1, 0.15) is 5.76 Å². The lowest BCUT2D eigenvalue weighted by Gasteiger charge is -2.09. The minimum Gasteiger partial charge on any atom is -0.493 e. The highest BCUT2D eigenvalue weighted by atomic mass is 16.5. The Labute approximate surface area is 124 Å². The fraction of sp³-hybridized carbons (Fsp3) is 0.222. The molecule has 0 unspecified atom stereocenters. The maximum absolute atomic E-state index is 5.90. The summed E-state index contributed by atoms with van der Waals surface area (Å²) in [6.45, 7) is 2.82. The number of nitrogens with one attached hydrogen (secondary N) is 1. The second-order valence-corrected chi connectivity index (χ2v) is 4.96. The van der Waals surface area contributed by atoms with Crippen LogP contribution in [0.2, 0.25) is 0 Å². The predicted molar refractivity (Wildman–Crippen MR) is 85.9 cm³/mol. The van der Waals surface area contributed by atoms with E-state index in [9.17, 15) is 0 Å². The van der Waals surface area contributed by atoms with Gasteiger partial charge in [-0.2, -0.15) is 0 Å². The largest absolute Gasteiger partial charge is 0.493 e. The molecule has 0 atom stereocenters. The summed E-state index contributed by atoms with van der Waals surface area (Å²) in [6, 6.07) is 16.3. The van der Waals surface area contributed by atoms with Crippen LogP contribution in [-0.2, 0) is 13.0 Å². The number of benzene rings is 2. The van der Waals surface area contributed by atoms with Gasteiger partial charge in [-0.1, -0.05) is 37.3 Å². The SMILES string of the molecule is CCc1ccccc1NCc1cc2cccc(OC)c2o1. The summed E-state index contributed by atoms with van der Waals surface area (Å²) in [4.78, 5) is 0. The van der Waals surface area contributed by atoms with Gasteiger partial charge in [0.05, 0.1) is 13.7 Å². The lowest BCUT2D eigenvalue weighted by molar-refractivity contribution is 0.408. The maximum atomic E-state index is 5.90. The molecule has 0 aliphatic carbocycles. The zero-order valence-corrected chi connectivity index (χ0v) is 12.3. The van der Waals surface area contributed by atoms with Crippen LogP contribution in [-0.4, -0.2) is 7.11 Å². The van der Waals surface area contributed by atoms with Crippen LogP contribution >= 0.6 is 0 Å². The van der Waals surface area contributed by atoms with Crippen molar-refractivity contribution in [3.05, 3.63) is 59.9 Å². The van der Waals surface area contributed by atoms with Crippen LogP contribution in [0, 0.1) is 0 Å². The normalized spacial score (nSPS) is 10.8. The Morgan fingerprint density at radius 3 is 2.76 bits per heavy atom. The number of hydrogen-bond donors (Lipinski definition) is 1. The second-order valence-electron chi connectivity index (χ2n) is 4.96. The molecule has 0 fully saturated rings. The molecule has 3 nitrogen and oxygen atoms in total. The summed E-state index contributed by atoms with van der Waals surface area (Å²) in [5.41, 5.74) is 3.28. The van der Waals surface area contributed by atoms with Crippen molar-refractivity contribution in [2.45, 2.75) is 19.9 Å². The molecule has 3 rings (SSSR count). The Bertz CT molecular complexity index is 746. The fourth-order valence-corrected chi connectivity index (χ4v) is 2.52. The van der Waals surface area contributed by atoms with E-state index in [1.807, 2.05) is 24.3 Å². The summed E-state index contributed by atoms with van der Waals surface area (Å²) in [5, 5.41) is 4.51. The van der Waals surface area contributed by atoms with Gasteiger partial charge in [0.25, 0.3) is 0 Å². The van der Waals surface area contributed by atoms with Crippen molar-refractivity contribution in [3.8, 4) is 5.75 Å². The van der Waals surface area contributed by atoms with Gasteiger partial charge in [0.15, 0.2) is 11.3 Å². The number of rotatable bonds is 5. The molecule has 21 heavy (non-hydrogen) atoms. The van der Waals surface area contributed by atoms with E-state index in [4.69, 9.17) is 9.15 Å². The molecule has 0 aliphatic rings. The van der Waals surface area contributed by atoms with Crippen LogP contribution in [0.1, 0.15) is 18.2 Å². The van der Waals surface area contributed by atoms with Crippen LogP contribution in [0.5, 0.6) is 5.75 Å². The first-order chi connectivity index (χ1) is 10.3. The summed E-state index contributed by atoms with van der Waals surface area (Å²) < 4.78 is 11.2. The summed E-state index contributed by atoms with van der Waals surface area (Å²) in [5.74, 6) is 1.67. The van der Waals surface area contributed by atoms with E-state index in [-0.39, 0.29) is 0 Å². The molecule has 0 radical (unpaired) electrons. The Morgan fingerprint density at radius 2 is 1.95 bits per heavy atom. The molecule has 3 aromatic rings. The number of hydrogen-bond acceptors (Lipinski definition) is 3. The van der Waals surface area contributed by atoms with Crippen LogP contribution in [0.25, 0.3) is 11.0 Å². The summed E-state index contributed by atoms with van der Waals surface area (Å²) in [7, 11) is 1.66. The van der Waals surface area contributed by atoms with Crippen LogP contribution in [0.3, 0.4) is 0 Å². The number of aryl methyl sites for hydroxylation is 1. The van der Waals surface area contributed by atoms with Crippen molar-refractivity contribution in [1.82, 2.24) is 0 Å². The monoisotopic (exact) mass is 281 g/mol. The van der Waals surface area contributed by atoms with Crippen molar-refractivity contribution in [2.75, 3.05) is 12.4 Å². The van der Waals surface area contributed by atoms with Crippen molar-refractivity contribution in [2.24, 2.45) is 0 Å². The van der Waals surface area contributed by atoms with E-state index in [0.29, 0.717) is 6.54 Å². The van der Waals surface area contributed by atoms with E-state index < -0.39 is 0 Å². The van der Waals surface area contributed by atoms with E-state index in [0.717, 1.165) is 34.6 Å². The smallest absolute Gasteiger partial charge is 0.176 e. The Balaban J connectivity index is 1.82. The molecule has 0 aliphatic heterocycles. The molecule has 3 heteroatoms. The molecule has 108 valence electrons. The second kappa shape index (κ2) is 5.92. The lowest BCUT2D eigenvalue weighted by Crippen LogP contribution is -2.00. The molecule has 1 aromatic heterocycles. The van der Waals surface area contributed by atoms with Gasteiger partial charge in [-0.3, -0.25) is 0 Å². The first-order valence-corrected chi connectivity index (χ1v) is 7.19.